The van der Waals surface area contributed by atoms with Crippen LogP contribution in [-0.2, 0) is 9.53 Å². The molecule has 110 valence electrons. The van der Waals surface area contributed by atoms with Crippen molar-refractivity contribution in [2.75, 3.05) is 7.11 Å². The first-order valence-corrected chi connectivity index (χ1v) is 7.16. The van der Waals surface area contributed by atoms with Gasteiger partial charge in [0.25, 0.3) is 0 Å². The lowest BCUT2D eigenvalue weighted by molar-refractivity contribution is -0.387. The Bertz CT molecular complexity index is 690. The van der Waals surface area contributed by atoms with Crippen molar-refractivity contribution in [3.05, 3.63) is 40.6 Å². The number of carbonyl (C=O) groups excluding carboxylic acids is 1. The molecule has 1 atom stereocenters. The summed E-state index contributed by atoms with van der Waals surface area (Å²) in [5, 5.41) is 11.8. The molecule has 2 rings (SSSR count). The quantitative estimate of drug-likeness (QED) is 0.365. The lowest BCUT2D eigenvalue weighted by Gasteiger charge is -2.11. The normalized spacial score (nSPS) is 12.1. The molecule has 1 heterocycles. The molecule has 0 bridgehead atoms. The van der Waals surface area contributed by atoms with Gasteiger partial charge < -0.3 is 4.74 Å². The van der Waals surface area contributed by atoms with Gasteiger partial charge in [-0.25, -0.2) is 4.98 Å². The van der Waals surface area contributed by atoms with Crippen LogP contribution < -0.4 is 0 Å². The second kappa shape index (κ2) is 6.53. The summed E-state index contributed by atoms with van der Waals surface area (Å²) in [7, 11) is 1.32. The van der Waals surface area contributed by atoms with Gasteiger partial charge in [-0.05, 0) is 6.07 Å². The molecule has 0 fully saturated rings. The van der Waals surface area contributed by atoms with E-state index in [-0.39, 0.29) is 23.3 Å². The first-order valence-electron chi connectivity index (χ1n) is 6.28. The lowest BCUT2D eigenvalue weighted by Crippen LogP contribution is -2.09. The number of fused-ring (bicyclic) bond motifs is 1. The molecule has 0 aliphatic heterocycles. The molecule has 1 unspecified atom stereocenters. The van der Waals surface area contributed by atoms with Crippen molar-refractivity contribution in [1.29, 1.82) is 0 Å². The maximum Gasteiger partial charge on any atom is 0.306 e. The standard InChI is InChI=1S/C14H14N2O4S/c1-9(7-13(17)20-2)21-14-10-5-3-4-6-11(10)15-8-12(14)16(18)19/h3-6,8-9H,7H2,1-2H3. The number of nitrogens with zero attached hydrogens (tertiary/aromatic N) is 2. The average molecular weight is 306 g/mol. The smallest absolute Gasteiger partial charge is 0.306 e. The molecule has 0 saturated heterocycles. The Morgan fingerprint density at radius 2 is 2.19 bits per heavy atom. The van der Waals surface area contributed by atoms with Crippen LogP contribution >= 0.6 is 11.8 Å². The maximum absolute atomic E-state index is 11.3. The van der Waals surface area contributed by atoms with E-state index in [2.05, 4.69) is 9.72 Å². The molecule has 0 radical (unpaired) electrons. The van der Waals surface area contributed by atoms with Gasteiger partial charge >= 0.3 is 11.7 Å². The Morgan fingerprint density at radius 3 is 2.86 bits per heavy atom. The van der Waals surface area contributed by atoms with Crippen LogP contribution in [0.1, 0.15) is 13.3 Å². The number of carbonyl (C=O) groups is 1. The Labute approximate surface area is 125 Å². The number of benzene rings is 1. The number of pyridine rings is 1. The highest BCUT2D eigenvalue weighted by Crippen LogP contribution is 2.38. The maximum atomic E-state index is 11.3. The van der Waals surface area contributed by atoms with Crippen molar-refractivity contribution in [2.24, 2.45) is 0 Å². The van der Waals surface area contributed by atoms with Crippen LogP contribution in [0.4, 0.5) is 5.69 Å². The highest BCUT2D eigenvalue weighted by atomic mass is 32.2. The summed E-state index contributed by atoms with van der Waals surface area (Å²) in [5.74, 6) is -0.337. The number of hydrogen-bond acceptors (Lipinski definition) is 6. The molecule has 0 spiro atoms. The van der Waals surface area contributed by atoms with Gasteiger partial charge in [0.1, 0.15) is 6.20 Å². The van der Waals surface area contributed by atoms with Crippen LogP contribution in [0.2, 0.25) is 0 Å². The van der Waals surface area contributed by atoms with Crippen LogP contribution in [0, 0.1) is 10.1 Å². The second-order valence-electron chi connectivity index (χ2n) is 4.46. The van der Waals surface area contributed by atoms with Crippen LogP contribution in [0.15, 0.2) is 35.4 Å². The molecule has 0 aliphatic rings. The Morgan fingerprint density at radius 1 is 1.48 bits per heavy atom. The van der Waals surface area contributed by atoms with E-state index in [0.717, 1.165) is 0 Å². The number of esters is 1. The second-order valence-corrected chi connectivity index (χ2v) is 5.90. The number of ether oxygens (including phenoxy) is 1. The zero-order valence-electron chi connectivity index (χ0n) is 11.6. The molecule has 6 nitrogen and oxygen atoms in total. The molecule has 0 aliphatic carbocycles. The number of thioether (sulfide) groups is 1. The highest BCUT2D eigenvalue weighted by molar-refractivity contribution is 8.00. The number of nitro groups is 1. The zero-order valence-corrected chi connectivity index (χ0v) is 12.4. The third-order valence-corrected chi connectivity index (χ3v) is 4.14. The summed E-state index contributed by atoms with van der Waals surface area (Å²) < 4.78 is 4.63. The fourth-order valence-electron chi connectivity index (χ4n) is 1.92. The number of methoxy groups -OCH3 is 1. The zero-order chi connectivity index (χ0) is 15.4. The van der Waals surface area contributed by atoms with E-state index in [1.807, 2.05) is 19.1 Å². The summed E-state index contributed by atoms with van der Waals surface area (Å²) in [6, 6.07) is 7.23. The van der Waals surface area contributed by atoms with Crippen LogP contribution in [-0.4, -0.2) is 28.2 Å². The average Bonchev–Trinajstić information content (AvgIpc) is 2.47. The number of rotatable bonds is 5. The van der Waals surface area contributed by atoms with Crippen LogP contribution in [0.3, 0.4) is 0 Å². The van der Waals surface area contributed by atoms with Gasteiger partial charge in [0.05, 0.1) is 28.9 Å². The molecule has 21 heavy (non-hydrogen) atoms. The number of aromatic nitrogens is 1. The predicted molar refractivity (Wildman–Crippen MR) is 80.3 cm³/mol. The van der Waals surface area contributed by atoms with Gasteiger partial charge in [-0.3, -0.25) is 14.9 Å². The third-order valence-electron chi connectivity index (χ3n) is 2.90. The minimum Gasteiger partial charge on any atom is -0.469 e. The molecule has 2 aromatic rings. The van der Waals surface area contributed by atoms with Gasteiger partial charge in [0.2, 0.25) is 0 Å². The molecular weight excluding hydrogens is 292 g/mol. The molecular formula is C14H14N2O4S. The van der Waals surface area contributed by atoms with Crippen molar-refractivity contribution < 1.29 is 14.5 Å². The summed E-state index contributed by atoms with van der Waals surface area (Å²) in [4.78, 5) is 26.7. The Balaban J connectivity index is 2.42. The van der Waals surface area contributed by atoms with Crippen molar-refractivity contribution in [1.82, 2.24) is 4.98 Å². The fourth-order valence-corrected chi connectivity index (χ4v) is 3.09. The molecule has 1 aromatic heterocycles. The minimum absolute atomic E-state index is 0.0459. The van der Waals surface area contributed by atoms with Crippen LogP contribution in [0.5, 0.6) is 0 Å². The van der Waals surface area contributed by atoms with Gasteiger partial charge in [-0.1, -0.05) is 25.1 Å². The summed E-state index contributed by atoms with van der Waals surface area (Å²) in [5.41, 5.74) is 0.645. The monoisotopic (exact) mass is 306 g/mol. The van der Waals surface area contributed by atoms with Gasteiger partial charge in [-0.2, -0.15) is 0 Å². The molecule has 0 amide bonds. The van der Waals surface area contributed by atoms with Crippen molar-refractivity contribution in [3.63, 3.8) is 0 Å². The van der Waals surface area contributed by atoms with Gasteiger partial charge in [0, 0.05) is 10.6 Å². The topological polar surface area (TPSA) is 82.3 Å². The van der Waals surface area contributed by atoms with Crippen molar-refractivity contribution >= 4 is 34.3 Å². The molecule has 7 heteroatoms. The Kier molecular flexibility index (Phi) is 4.74. The summed E-state index contributed by atoms with van der Waals surface area (Å²) in [6.07, 6.45) is 1.45. The van der Waals surface area contributed by atoms with E-state index >= 15 is 0 Å². The molecule has 1 aromatic carbocycles. The van der Waals surface area contributed by atoms with Gasteiger partial charge in [0.15, 0.2) is 0 Å². The largest absolute Gasteiger partial charge is 0.469 e. The van der Waals surface area contributed by atoms with Crippen LogP contribution in [0.25, 0.3) is 10.9 Å². The number of para-hydroxylation sites is 1. The number of hydrogen-bond donors (Lipinski definition) is 0. The van der Waals surface area contributed by atoms with Crippen molar-refractivity contribution in [2.45, 2.75) is 23.5 Å². The van der Waals surface area contributed by atoms with E-state index in [9.17, 15) is 14.9 Å². The lowest BCUT2D eigenvalue weighted by atomic mass is 10.2. The fraction of sp³-hybridized carbons (Fsp3) is 0.286. The third kappa shape index (κ3) is 3.49. The van der Waals surface area contributed by atoms with Crippen molar-refractivity contribution in [3.8, 4) is 0 Å². The molecule has 0 N–H and O–H groups in total. The summed E-state index contributed by atoms with van der Waals surface area (Å²) >= 11 is 1.29. The SMILES string of the molecule is COC(=O)CC(C)Sc1c([N+](=O)[O-])cnc2ccccc12. The molecule has 0 saturated carbocycles. The van der Waals surface area contributed by atoms with E-state index < -0.39 is 4.92 Å². The van der Waals surface area contributed by atoms with E-state index in [1.54, 1.807) is 12.1 Å². The van der Waals surface area contributed by atoms with E-state index in [0.29, 0.717) is 15.8 Å². The predicted octanol–water partition coefficient (Wildman–Crippen LogP) is 3.19. The first-order chi connectivity index (χ1) is 10.0. The van der Waals surface area contributed by atoms with Gasteiger partial charge in [-0.15, -0.1) is 11.8 Å². The first kappa shape index (κ1) is 15.2. The Hall–Kier alpha value is -2.15. The van der Waals surface area contributed by atoms with E-state index in [4.69, 9.17) is 0 Å². The minimum atomic E-state index is -0.452. The van der Waals surface area contributed by atoms with E-state index in [1.165, 1.54) is 25.1 Å². The highest BCUT2D eigenvalue weighted by Gasteiger charge is 2.21. The summed E-state index contributed by atoms with van der Waals surface area (Å²) in [6.45, 7) is 1.83.